The molecular weight excluding hydrogens is 445 g/mol. The molecule has 4 rings (SSSR count). The third-order valence-electron chi connectivity index (χ3n) is 4.84. The summed E-state index contributed by atoms with van der Waals surface area (Å²) in [4.78, 5) is 8.74. The van der Waals surface area contributed by atoms with Crippen molar-refractivity contribution in [2.24, 2.45) is 0 Å². The second-order valence-corrected chi connectivity index (χ2v) is 7.46. The first kappa shape index (κ1) is 22.6. The van der Waals surface area contributed by atoms with Gasteiger partial charge in [0, 0.05) is 22.7 Å². The van der Waals surface area contributed by atoms with E-state index < -0.39 is 0 Å². The Kier molecular flexibility index (Phi) is 7.10. The number of halogens is 2. The van der Waals surface area contributed by atoms with Crippen LogP contribution in [-0.4, -0.2) is 23.2 Å². The summed E-state index contributed by atoms with van der Waals surface area (Å²) in [6, 6.07) is 15.4. The molecule has 0 fully saturated rings. The predicted octanol–water partition coefficient (Wildman–Crippen LogP) is 6.54. The van der Waals surface area contributed by atoms with E-state index in [9.17, 15) is 4.39 Å². The summed E-state index contributed by atoms with van der Waals surface area (Å²) in [5.41, 5.74) is 1.89. The van der Waals surface area contributed by atoms with Crippen LogP contribution in [-0.2, 0) is 6.61 Å². The topological polar surface area (TPSA) is 65.5 Å². The van der Waals surface area contributed by atoms with Crippen molar-refractivity contribution in [2.45, 2.75) is 20.5 Å². The van der Waals surface area contributed by atoms with Crippen LogP contribution in [0.1, 0.15) is 19.4 Å². The zero-order chi connectivity index (χ0) is 23.2. The van der Waals surface area contributed by atoms with Crippen LogP contribution in [0.2, 0.25) is 5.02 Å². The molecule has 33 heavy (non-hydrogen) atoms. The van der Waals surface area contributed by atoms with E-state index in [1.54, 1.807) is 30.3 Å². The molecule has 1 heterocycles. The van der Waals surface area contributed by atoms with Crippen molar-refractivity contribution in [3.63, 3.8) is 0 Å². The molecule has 3 aromatic carbocycles. The second kappa shape index (κ2) is 10.4. The van der Waals surface area contributed by atoms with Crippen molar-refractivity contribution in [3.8, 4) is 17.2 Å². The minimum Gasteiger partial charge on any atom is -0.490 e. The molecule has 0 atom stereocenters. The lowest BCUT2D eigenvalue weighted by molar-refractivity contribution is 0.288. The van der Waals surface area contributed by atoms with Crippen molar-refractivity contribution in [2.75, 3.05) is 18.5 Å². The highest BCUT2D eigenvalue weighted by molar-refractivity contribution is 6.32. The SMILES string of the molecule is CCOc1cc2ncnc(Nc3ccc(OCc4ccccc4F)c(Cl)c3)c2cc1OCC. The number of nitrogens with one attached hydrogen (secondary N) is 1. The normalized spacial score (nSPS) is 10.8. The van der Waals surface area contributed by atoms with Crippen molar-refractivity contribution in [1.82, 2.24) is 9.97 Å². The van der Waals surface area contributed by atoms with Crippen molar-refractivity contribution in [3.05, 3.63) is 77.3 Å². The average Bonchev–Trinajstić information content (AvgIpc) is 2.81. The van der Waals surface area contributed by atoms with Crippen molar-refractivity contribution in [1.29, 1.82) is 0 Å². The summed E-state index contributed by atoms with van der Waals surface area (Å²) >= 11 is 6.41. The molecule has 0 unspecified atom stereocenters. The van der Waals surface area contributed by atoms with E-state index in [0.29, 0.717) is 52.6 Å². The van der Waals surface area contributed by atoms with Gasteiger partial charge in [-0.25, -0.2) is 14.4 Å². The van der Waals surface area contributed by atoms with Crippen LogP contribution in [0.5, 0.6) is 17.2 Å². The first-order valence-electron chi connectivity index (χ1n) is 10.6. The molecule has 0 bridgehead atoms. The largest absolute Gasteiger partial charge is 0.490 e. The van der Waals surface area contributed by atoms with Gasteiger partial charge in [-0.3, -0.25) is 0 Å². The Morgan fingerprint density at radius 3 is 2.36 bits per heavy atom. The quantitative estimate of drug-likeness (QED) is 0.301. The zero-order valence-electron chi connectivity index (χ0n) is 18.3. The third kappa shape index (κ3) is 5.26. The average molecular weight is 468 g/mol. The van der Waals surface area contributed by atoms with Gasteiger partial charge in [0.05, 0.1) is 23.8 Å². The van der Waals surface area contributed by atoms with Gasteiger partial charge in [0.2, 0.25) is 0 Å². The number of aromatic nitrogens is 2. The molecule has 0 aliphatic rings. The van der Waals surface area contributed by atoms with E-state index in [-0.39, 0.29) is 12.4 Å². The van der Waals surface area contributed by atoms with E-state index in [1.807, 2.05) is 32.0 Å². The van der Waals surface area contributed by atoms with E-state index in [0.717, 1.165) is 10.9 Å². The Labute approximate surface area is 196 Å². The number of ether oxygens (including phenoxy) is 3. The molecule has 8 heteroatoms. The monoisotopic (exact) mass is 467 g/mol. The Morgan fingerprint density at radius 2 is 1.64 bits per heavy atom. The number of hydrogen-bond acceptors (Lipinski definition) is 6. The minimum absolute atomic E-state index is 0.0814. The van der Waals surface area contributed by atoms with E-state index in [2.05, 4.69) is 15.3 Å². The lowest BCUT2D eigenvalue weighted by atomic mass is 10.2. The second-order valence-electron chi connectivity index (χ2n) is 7.05. The first-order chi connectivity index (χ1) is 16.1. The standard InChI is InChI=1S/C25H23ClFN3O3/c1-3-31-23-12-18-21(13-24(23)32-4-2)28-15-29-25(18)30-17-9-10-22(19(26)11-17)33-14-16-7-5-6-8-20(16)27/h5-13,15H,3-4,14H2,1-2H3,(H,28,29,30). The summed E-state index contributed by atoms with van der Waals surface area (Å²) in [7, 11) is 0. The van der Waals surface area contributed by atoms with Gasteiger partial charge < -0.3 is 19.5 Å². The van der Waals surface area contributed by atoms with Crippen molar-refractivity contribution >= 4 is 34.0 Å². The molecule has 0 saturated heterocycles. The van der Waals surface area contributed by atoms with Crippen LogP contribution >= 0.6 is 11.6 Å². The molecule has 0 saturated carbocycles. The maximum absolute atomic E-state index is 13.8. The highest BCUT2D eigenvalue weighted by atomic mass is 35.5. The lowest BCUT2D eigenvalue weighted by Crippen LogP contribution is -2.01. The zero-order valence-corrected chi connectivity index (χ0v) is 19.0. The fourth-order valence-corrected chi connectivity index (χ4v) is 3.54. The molecule has 6 nitrogen and oxygen atoms in total. The number of rotatable bonds is 9. The maximum Gasteiger partial charge on any atom is 0.163 e. The van der Waals surface area contributed by atoms with Gasteiger partial charge >= 0.3 is 0 Å². The summed E-state index contributed by atoms with van der Waals surface area (Å²) in [6.07, 6.45) is 1.48. The summed E-state index contributed by atoms with van der Waals surface area (Å²) in [6.45, 7) is 4.94. The third-order valence-corrected chi connectivity index (χ3v) is 5.13. The van der Waals surface area contributed by atoms with Crippen LogP contribution in [0.4, 0.5) is 15.9 Å². The molecule has 0 aliphatic heterocycles. The smallest absolute Gasteiger partial charge is 0.163 e. The Hall–Kier alpha value is -3.58. The molecule has 1 aromatic heterocycles. The van der Waals surface area contributed by atoms with Crippen molar-refractivity contribution < 1.29 is 18.6 Å². The van der Waals surface area contributed by atoms with Gasteiger partial charge in [0.15, 0.2) is 11.5 Å². The van der Waals surface area contributed by atoms with Gasteiger partial charge in [0.25, 0.3) is 0 Å². The molecule has 0 aliphatic carbocycles. The number of hydrogen-bond donors (Lipinski definition) is 1. The molecule has 4 aromatic rings. The summed E-state index contributed by atoms with van der Waals surface area (Å²) in [5, 5.41) is 4.44. The number of benzene rings is 3. The Morgan fingerprint density at radius 1 is 0.879 bits per heavy atom. The van der Waals surface area contributed by atoms with Gasteiger partial charge in [-0.2, -0.15) is 0 Å². The molecule has 170 valence electrons. The van der Waals surface area contributed by atoms with Gasteiger partial charge in [-0.15, -0.1) is 0 Å². The predicted molar refractivity (Wildman–Crippen MR) is 127 cm³/mol. The maximum atomic E-state index is 13.8. The summed E-state index contributed by atoms with van der Waals surface area (Å²) in [5.74, 6) is 2.00. The highest BCUT2D eigenvalue weighted by Crippen LogP contribution is 2.36. The summed E-state index contributed by atoms with van der Waals surface area (Å²) < 4.78 is 30.9. The molecule has 1 N–H and O–H groups in total. The highest BCUT2D eigenvalue weighted by Gasteiger charge is 2.13. The van der Waals surface area contributed by atoms with Crippen LogP contribution in [0.3, 0.4) is 0 Å². The Balaban J connectivity index is 1.57. The van der Waals surface area contributed by atoms with E-state index in [1.165, 1.54) is 12.4 Å². The number of anilines is 2. The van der Waals surface area contributed by atoms with Gasteiger partial charge in [-0.05, 0) is 44.2 Å². The molecule has 0 amide bonds. The molecule has 0 radical (unpaired) electrons. The number of fused-ring (bicyclic) bond motifs is 1. The Bertz CT molecular complexity index is 1270. The van der Waals surface area contributed by atoms with E-state index in [4.69, 9.17) is 25.8 Å². The van der Waals surface area contributed by atoms with E-state index >= 15 is 0 Å². The van der Waals surface area contributed by atoms with Gasteiger partial charge in [0.1, 0.15) is 30.3 Å². The minimum atomic E-state index is -0.318. The fourth-order valence-electron chi connectivity index (χ4n) is 3.30. The first-order valence-corrected chi connectivity index (χ1v) is 10.9. The van der Waals surface area contributed by atoms with Crippen LogP contribution in [0.25, 0.3) is 10.9 Å². The van der Waals surface area contributed by atoms with Gasteiger partial charge in [-0.1, -0.05) is 29.8 Å². The fraction of sp³-hybridized carbons (Fsp3) is 0.200. The van der Waals surface area contributed by atoms with Crippen LogP contribution in [0.15, 0.2) is 60.9 Å². The molecular formula is C25H23ClFN3O3. The number of nitrogens with zero attached hydrogens (tertiary/aromatic N) is 2. The molecule has 0 spiro atoms. The van der Waals surface area contributed by atoms with Crippen LogP contribution < -0.4 is 19.5 Å². The lowest BCUT2D eigenvalue weighted by Gasteiger charge is -2.14. The van der Waals surface area contributed by atoms with Crippen LogP contribution in [0, 0.1) is 5.82 Å².